The highest BCUT2D eigenvalue weighted by atomic mass is 19.1. The molecular weight excluding hydrogens is 506 g/mol. The molecule has 2 aliphatic rings. The summed E-state index contributed by atoms with van der Waals surface area (Å²) in [5.74, 6) is 0.244. The Labute approximate surface area is 225 Å². The molecule has 0 atom stereocenters. The van der Waals surface area contributed by atoms with E-state index in [1.54, 1.807) is 19.2 Å². The SMILES string of the molecule is COc1ccc(CN2C(=O)CCc3c(OCC4(O)CCN(c5ncc(F)cc5C#N)CC4)ccc(F)c32)cc1. The van der Waals surface area contributed by atoms with E-state index in [1.807, 2.05) is 23.1 Å². The second-order valence-electron chi connectivity index (χ2n) is 9.84. The number of amides is 1. The normalized spacial score (nSPS) is 16.4. The molecule has 202 valence electrons. The monoisotopic (exact) mass is 534 g/mol. The largest absolute Gasteiger partial charge is 0.497 e. The quantitative estimate of drug-likeness (QED) is 0.487. The van der Waals surface area contributed by atoms with E-state index in [2.05, 4.69) is 4.98 Å². The Morgan fingerprint density at radius 1 is 1.13 bits per heavy atom. The molecule has 1 fully saturated rings. The van der Waals surface area contributed by atoms with Crippen LogP contribution in [0.2, 0.25) is 0 Å². The van der Waals surface area contributed by atoms with Gasteiger partial charge in [0, 0.05) is 25.1 Å². The Morgan fingerprint density at radius 2 is 1.87 bits per heavy atom. The minimum atomic E-state index is -1.15. The van der Waals surface area contributed by atoms with E-state index in [4.69, 9.17) is 9.47 Å². The highest BCUT2D eigenvalue weighted by molar-refractivity contribution is 5.97. The lowest BCUT2D eigenvalue weighted by molar-refractivity contribution is -0.119. The van der Waals surface area contributed by atoms with Gasteiger partial charge < -0.3 is 24.4 Å². The molecule has 0 aliphatic carbocycles. The number of fused-ring (bicyclic) bond motifs is 1. The van der Waals surface area contributed by atoms with Gasteiger partial charge in [0.1, 0.15) is 47.2 Å². The van der Waals surface area contributed by atoms with E-state index >= 15 is 4.39 Å². The zero-order valence-corrected chi connectivity index (χ0v) is 21.5. The van der Waals surface area contributed by atoms with Crippen LogP contribution in [0.1, 0.15) is 36.0 Å². The Bertz CT molecular complexity index is 1420. The number of carbonyl (C=O) groups is 1. The van der Waals surface area contributed by atoms with Crippen LogP contribution >= 0.6 is 0 Å². The molecule has 2 aliphatic heterocycles. The second-order valence-corrected chi connectivity index (χ2v) is 9.84. The first-order valence-corrected chi connectivity index (χ1v) is 12.7. The number of hydrogen-bond acceptors (Lipinski definition) is 7. The van der Waals surface area contributed by atoms with Crippen LogP contribution in [0.5, 0.6) is 11.5 Å². The van der Waals surface area contributed by atoms with Crippen LogP contribution in [-0.4, -0.2) is 48.4 Å². The number of anilines is 2. The minimum absolute atomic E-state index is 0.0205. The van der Waals surface area contributed by atoms with Crippen molar-refractivity contribution in [3.05, 3.63) is 77.0 Å². The molecule has 0 radical (unpaired) electrons. The number of aromatic nitrogens is 1. The number of methoxy groups -OCH3 is 1. The van der Waals surface area contributed by atoms with Gasteiger partial charge in [0.15, 0.2) is 0 Å². The van der Waals surface area contributed by atoms with Crippen molar-refractivity contribution in [2.45, 2.75) is 37.8 Å². The summed E-state index contributed by atoms with van der Waals surface area (Å²) in [5.41, 5.74) is 0.617. The van der Waals surface area contributed by atoms with E-state index in [9.17, 15) is 19.6 Å². The summed E-state index contributed by atoms with van der Waals surface area (Å²) in [6.45, 7) is 0.989. The van der Waals surface area contributed by atoms with Crippen molar-refractivity contribution >= 4 is 17.4 Å². The number of rotatable bonds is 7. The standard InChI is InChI=1S/C29H28F2N4O4/c1-38-22-4-2-19(3-5-22)17-35-26(36)9-6-23-25(8-7-24(31)27(23)35)39-18-29(37)10-12-34(13-11-29)28-20(15-32)14-21(30)16-33-28/h2-5,7-8,14,16,37H,6,9-13,17-18H2,1H3. The average molecular weight is 535 g/mol. The number of pyridine rings is 1. The molecule has 0 spiro atoms. The number of piperidine rings is 1. The zero-order chi connectivity index (χ0) is 27.6. The van der Waals surface area contributed by atoms with Crippen molar-refractivity contribution in [3.63, 3.8) is 0 Å². The number of aliphatic hydroxyl groups is 1. The molecule has 0 bridgehead atoms. The van der Waals surface area contributed by atoms with Gasteiger partial charge in [-0.05, 0) is 55.2 Å². The van der Waals surface area contributed by atoms with Crippen molar-refractivity contribution in [2.75, 3.05) is 36.6 Å². The smallest absolute Gasteiger partial charge is 0.227 e. The van der Waals surface area contributed by atoms with Crippen LogP contribution in [0, 0.1) is 23.0 Å². The van der Waals surface area contributed by atoms with Crippen LogP contribution in [0.3, 0.4) is 0 Å². The molecule has 5 rings (SSSR count). The molecule has 8 nitrogen and oxygen atoms in total. The highest BCUT2D eigenvalue weighted by Gasteiger charge is 2.36. The van der Waals surface area contributed by atoms with Crippen molar-refractivity contribution in [3.8, 4) is 17.6 Å². The summed E-state index contributed by atoms with van der Waals surface area (Å²) in [4.78, 5) is 20.2. The summed E-state index contributed by atoms with van der Waals surface area (Å²) >= 11 is 0. The molecule has 1 N–H and O–H groups in total. The number of hydrogen-bond donors (Lipinski definition) is 1. The first-order chi connectivity index (χ1) is 18.8. The molecule has 0 unspecified atom stereocenters. The molecular formula is C29H28F2N4O4. The molecule has 2 aromatic carbocycles. The van der Waals surface area contributed by atoms with Gasteiger partial charge in [0.2, 0.25) is 5.91 Å². The number of nitriles is 1. The van der Waals surface area contributed by atoms with E-state index in [-0.39, 0.29) is 36.7 Å². The molecule has 1 saturated heterocycles. The maximum Gasteiger partial charge on any atom is 0.227 e. The fourth-order valence-corrected chi connectivity index (χ4v) is 5.09. The summed E-state index contributed by atoms with van der Waals surface area (Å²) in [5, 5.41) is 20.5. The minimum Gasteiger partial charge on any atom is -0.497 e. The third-order valence-corrected chi connectivity index (χ3v) is 7.29. The van der Waals surface area contributed by atoms with Gasteiger partial charge in [0.25, 0.3) is 0 Å². The Balaban J connectivity index is 1.29. The van der Waals surface area contributed by atoms with Crippen LogP contribution in [0.15, 0.2) is 48.7 Å². The fourth-order valence-electron chi connectivity index (χ4n) is 5.09. The predicted octanol–water partition coefficient (Wildman–Crippen LogP) is 4.13. The first-order valence-electron chi connectivity index (χ1n) is 12.7. The van der Waals surface area contributed by atoms with E-state index in [0.717, 1.165) is 17.8 Å². The van der Waals surface area contributed by atoms with Gasteiger partial charge in [-0.25, -0.2) is 13.8 Å². The van der Waals surface area contributed by atoms with Gasteiger partial charge in [-0.3, -0.25) is 4.79 Å². The van der Waals surface area contributed by atoms with Crippen molar-refractivity contribution in [1.29, 1.82) is 5.26 Å². The Hall–Kier alpha value is -4.23. The Morgan fingerprint density at radius 3 is 2.56 bits per heavy atom. The second kappa shape index (κ2) is 10.9. The fraction of sp³-hybridized carbons (Fsp3) is 0.345. The van der Waals surface area contributed by atoms with Crippen molar-refractivity contribution < 1.29 is 28.2 Å². The maximum atomic E-state index is 15.1. The molecule has 3 aromatic rings. The topological polar surface area (TPSA) is 98.9 Å². The van der Waals surface area contributed by atoms with Gasteiger partial charge in [-0.1, -0.05) is 12.1 Å². The maximum absolute atomic E-state index is 15.1. The van der Waals surface area contributed by atoms with Crippen LogP contribution in [0.4, 0.5) is 20.3 Å². The summed E-state index contributed by atoms with van der Waals surface area (Å²) in [6.07, 6.45) is 2.29. The summed E-state index contributed by atoms with van der Waals surface area (Å²) in [6, 6.07) is 13.2. The van der Waals surface area contributed by atoms with Crippen LogP contribution < -0.4 is 19.3 Å². The number of benzene rings is 2. The van der Waals surface area contributed by atoms with Gasteiger partial charge in [-0.15, -0.1) is 0 Å². The van der Waals surface area contributed by atoms with Gasteiger partial charge >= 0.3 is 0 Å². The molecule has 3 heterocycles. The van der Waals surface area contributed by atoms with Crippen LogP contribution in [0.25, 0.3) is 0 Å². The number of carbonyl (C=O) groups excluding carboxylic acids is 1. The lowest BCUT2D eigenvalue weighted by Gasteiger charge is -2.39. The lowest BCUT2D eigenvalue weighted by atomic mass is 9.92. The van der Waals surface area contributed by atoms with E-state index in [1.165, 1.54) is 17.0 Å². The first kappa shape index (κ1) is 26.4. The average Bonchev–Trinajstić information content (AvgIpc) is 2.95. The third kappa shape index (κ3) is 5.49. The van der Waals surface area contributed by atoms with Crippen molar-refractivity contribution in [2.24, 2.45) is 0 Å². The highest BCUT2D eigenvalue weighted by Crippen LogP contribution is 2.39. The lowest BCUT2D eigenvalue weighted by Crippen LogP contribution is -2.48. The summed E-state index contributed by atoms with van der Waals surface area (Å²) in [7, 11) is 1.57. The number of ether oxygens (including phenoxy) is 2. The Kier molecular flexibility index (Phi) is 7.35. The van der Waals surface area contributed by atoms with Gasteiger partial charge in [-0.2, -0.15) is 5.26 Å². The third-order valence-electron chi connectivity index (χ3n) is 7.29. The molecule has 39 heavy (non-hydrogen) atoms. The molecule has 1 amide bonds. The molecule has 0 saturated carbocycles. The zero-order valence-electron chi connectivity index (χ0n) is 21.5. The molecule has 1 aromatic heterocycles. The van der Waals surface area contributed by atoms with E-state index < -0.39 is 17.2 Å². The summed E-state index contributed by atoms with van der Waals surface area (Å²) < 4.78 is 39.8. The van der Waals surface area contributed by atoms with Crippen molar-refractivity contribution in [1.82, 2.24) is 4.98 Å². The number of halogens is 2. The number of nitrogens with zero attached hydrogens (tertiary/aromatic N) is 4. The van der Waals surface area contributed by atoms with Crippen LogP contribution in [-0.2, 0) is 17.8 Å². The van der Waals surface area contributed by atoms with E-state index in [0.29, 0.717) is 55.2 Å². The molecule has 10 heteroatoms. The predicted molar refractivity (Wildman–Crippen MR) is 140 cm³/mol. The van der Waals surface area contributed by atoms with Gasteiger partial charge in [0.05, 0.1) is 31.1 Å².